The number of aromatic nitrogens is 2. The van der Waals surface area contributed by atoms with Gasteiger partial charge in [0.25, 0.3) is 5.56 Å². The molecule has 0 amide bonds. The third kappa shape index (κ3) is 3.20. The summed E-state index contributed by atoms with van der Waals surface area (Å²) < 4.78 is 6.89. The number of rotatable bonds is 5. The second-order valence-electron chi connectivity index (χ2n) is 5.89. The Labute approximate surface area is 130 Å². The maximum Gasteiger partial charge on any atom is 0.271 e. The molecule has 5 heteroatoms. The minimum Gasteiger partial charge on any atom is -0.496 e. The van der Waals surface area contributed by atoms with Crippen LogP contribution in [0, 0.1) is 0 Å². The van der Waals surface area contributed by atoms with E-state index in [9.17, 15) is 4.79 Å². The summed E-state index contributed by atoms with van der Waals surface area (Å²) in [6.07, 6.45) is 0.826. The van der Waals surface area contributed by atoms with Gasteiger partial charge in [-0.05, 0) is 38.5 Å². The van der Waals surface area contributed by atoms with Crippen molar-refractivity contribution >= 4 is 0 Å². The minimum absolute atomic E-state index is 0.131. The van der Waals surface area contributed by atoms with E-state index in [2.05, 4.69) is 5.10 Å². The Morgan fingerprint density at radius 3 is 2.59 bits per heavy atom. The lowest BCUT2D eigenvalue weighted by atomic mass is 9.95. The van der Waals surface area contributed by atoms with Crippen molar-refractivity contribution in [3.63, 3.8) is 0 Å². The SMILES string of the molecule is CCCn1nc(-c2ccccc2OC)cc(C(C)(C)N)c1=O. The molecule has 1 heterocycles. The average Bonchev–Trinajstić information content (AvgIpc) is 2.48. The lowest BCUT2D eigenvalue weighted by Crippen LogP contribution is -2.39. The number of benzene rings is 1. The number of hydrogen-bond acceptors (Lipinski definition) is 4. The molecule has 1 aromatic carbocycles. The molecule has 0 saturated carbocycles. The van der Waals surface area contributed by atoms with Gasteiger partial charge < -0.3 is 10.5 Å². The Bertz CT molecular complexity index is 715. The van der Waals surface area contributed by atoms with Crippen LogP contribution in [0.2, 0.25) is 0 Å². The van der Waals surface area contributed by atoms with E-state index in [1.807, 2.05) is 45.0 Å². The molecule has 118 valence electrons. The highest BCUT2D eigenvalue weighted by Gasteiger charge is 2.22. The highest BCUT2D eigenvalue weighted by Crippen LogP contribution is 2.29. The first kappa shape index (κ1) is 16.2. The lowest BCUT2D eigenvalue weighted by Gasteiger charge is -2.20. The van der Waals surface area contributed by atoms with Crippen LogP contribution in [0.1, 0.15) is 32.8 Å². The van der Waals surface area contributed by atoms with Crippen LogP contribution < -0.4 is 16.0 Å². The smallest absolute Gasteiger partial charge is 0.271 e. The molecule has 0 saturated heterocycles. The van der Waals surface area contributed by atoms with Crippen molar-refractivity contribution in [1.82, 2.24) is 9.78 Å². The van der Waals surface area contributed by atoms with E-state index in [4.69, 9.17) is 10.5 Å². The molecular weight excluding hydrogens is 278 g/mol. The van der Waals surface area contributed by atoms with Crippen LogP contribution in [0.5, 0.6) is 5.75 Å². The number of para-hydroxylation sites is 1. The molecule has 0 atom stereocenters. The summed E-state index contributed by atoms with van der Waals surface area (Å²) in [5, 5.41) is 4.48. The molecule has 0 aliphatic heterocycles. The topological polar surface area (TPSA) is 70.1 Å². The summed E-state index contributed by atoms with van der Waals surface area (Å²) in [6, 6.07) is 9.39. The number of ether oxygens (including phenoxy) is 1. The molecule has 0 aliphatic carbocycles. The van der Waals surface area contributed by atoms with Gasteiger partial charge in [-0.2, -0.15) is 5.10 Å². The summed E-state index contributed by atoms with van der Waals surface area (Å²) in [7, 11) is 1.62. The predicted molar refractivity (Wildman–Crippen MR) is 88.0 cm³/mol. The zero-order chi connectivity index (χ0) is 16.3. The van der Waals surface area contributed by atoms with Gasteiger partial charge in [0.15, 0.2) is 0 Å². The Balaban J connectivity index is 2.71. The molecule has 0 unspecified atom stereocenters. The van der Waals surface area contributed by atoms with E-state index in [1.165, 1.54) is 4.68 Å². The van der Waals surface area contributed by atoms with Gasteiger partial charge >= 0.3 is 0 Å². The third-order valence-corrected chi connectivity index (χ3v) is 3.49. The van der Waals surface area contributed by atoms with E-state index < -0.39 is 5.54 Å². The fraction of sp³-hybridized carbons (Fsp3) is 0.412. The number of aryl methyl sites for hydroxylation is 1. The second-order valence-corrected chi connectivity index (χ2v) is 5.89. The quantitative estimate of drug-likeness (QED) is 0.921. The molecule has 5 nitrogen and oxygen atoms in total. The largest absolute Gasteiger partial charge is 0.496 e. The van der Waals surface area contributed by atoms with E-state index in [0.29, 0.717) is 17.8 Å². The van der Waals surface area contributed by atoms with Crippen molar-refractivity contribution in [3.8, 4) is 17.0 Å². The Kier molecular flexibility index (Phi) is 4.66. The van der Waals surface area contributed by atoms with Crippen LogP contribution >= 0.6 is 0 Å². The van der Waals surface area contributed by atoms with Crippen molar-refractivity contribution in [1.29, 1.82) is 0 Å². The summed E-state index contributed by atoms with van der Waals surface area (Å²) in [4.78, 5) is 12.5. The van der Waals surface area contributed by atoms with Crippen molar-refractivity contribution in [2.75, 3.05) is 7.11 Å². The highest BCUT2D eigenvalue weighted by molar-refractivity contribution is 5.67. The van der Waals surface area contributed by atoms with Crippen molar-refractivity contribution < 1.29 is 4.74 Å². The Morgan fingerprint density at radius 2 is 2.00 bits per heavy atom. The monoisotopic (exact) mass is 301 g/mol. The summed E-state index contributed by atoms with van der Waals surface area (Å²) in [5.74, 6) is 0.720. The molecule has 2 aromatic rings. The van der Waals surface area contributed by atoms with Crippen molar-refractivity contribution in [2.45, 2.75) is 39.3 Å². The Morgan fingerprint density at radius 1 is 1.32 bits per heavy atom. The molecule has 1 aromatic heterocycles. The highest BCUT2D eigenvalue weighted by atomic mass is 16.5. The molecule has 0 spiro atoms. The van der Waals surface area contributed by atoms with E-state index in [1.54, 1.807) is 13.2 Å². The number of hydrogen-bond donors (Lipinski definition) is 1. The van der Waals surface area contributed by atoms with Gasteiger partial charge in [-0.25, -0.2) is 4.68 Å². The maximum atomic E-state index is 12.5. The molecule has 0 bridgehead atoms. The molecule has 2 rings (SSSR count). The molecule has 22 heavy (non-hydrogen) atoms. The lowest BCUT2D eigenvalue weighted by molar-refractivity contribution is 0.416. The first-order valence-corrected chi connectivity index (χ1v) is 7.43. The fourth-order valence-corrected chi connectivity index (χ4v) is 2.35. The first-order valence-electron chi connectivity index (χ1n) is 7.43. The van der Waals surface area contributed by atoms with Gasteiger partial charge in [-0.1, -0.05) is 19.1 Å². The third-order valence-electron chi connectivity index (χ3n) is 3.49. The van der Waals surface area contributed by atoms with E-state index in [0.717, 1.165) is 17.7 Å². The van der Waals surface area contributed by atoms with Crippen LogP contribution in [0.15, 0.2) is 35.1 Å². The molecule has 0 fully saturated rings. The number of methoxy groups -OCH3 is 1. The van der Waals surface area contributed by atoms with Gasteiger partial charge in [0.05, 0.1) is 12.8 Å². The predicted octanol–water partition coefficient (Wildman–Crippen LogP) is 2.52. The first-order chi connectivity index (χ1) is 10.4. The minimum atomic E-state index is -0.730. The molecule has 0 aliphatic rings. The van der Waals surface area contributed by atoms with Gasteiger partial charge in [-0.15, -0.1) is 0 Å². The maximum absolute atomic E-state index is 12.5. The summed E-state index contributed by atoms with van der Waals surface area (Å²) in [5.41, 5.74) is 7.40. The van der Waals surface area contributed by atoms with Crippen molar-refractivity contribution in [3.05, 3.63) is 46.2 Å². The molecule has 0 radical (unpaired) electrons. The normalized spacial score (nSPS) is 11.5. The van der Waals surface area contributed by atoms with Gasteiger partial charge in [0, 0.05) is 23.2 Å². The standard InChI is InChI=1S/C17H23N3O2/c1-5-10-20-16(21)13(17(2,3)18)11-14(19-20)12-8-6-7-9-15(12)22-4/h6-9,11H,5,10,18H2,1-4H3. The van der Waals surface area contributed by atoms with Crippen LogP contribution in [-0.4, -0.2) is 16.9 Å². The van der Waals surface area contributed by atoms with Crippen LogP contribution in [-0.2, 0) is 12.1 Å². The second kappa shape index (κ2) is 6.32. The number of nitrogens with zero attached hydrogens (tertiary/aromatic N) is 2. The Hall–Kier alpha value is -2.14. The van der Waals surface area contributed by atoms with Crippen LogP contribution in [0.4, 0.5) is 0 Å². The fourth-order valence-electron chi connectivity index (χ4n) is 2.35. The number of nitrogens with two attached hydrogens (primary N) is 1. The zero-order valence-electron chi connectivity index (χ0n) is 13.6. The van der Waals surface area contributed by atoms with Gasteiger partial charge in [0.1, 0.15) is 5.75 Å². The molecule has 2 N–H and O–H groups in total. The summed E-state index contributed by atoms with van der Waals surface area (Å²) in [6.45, 7) is 6.22. The van der Waals surface area contributed by atoms with Gasteiger partial charge in [-0.3, -0.25) is 4.79 Å². The van der Waals surface area contributed by atoms with Crippen LogP contribution in [0.3, 0.4) is 0 Å². The molecular formula is C17H23N3O2. The summed E-state index contributed by atoms with van der Waals surface area (Å²) >= 11 is 0. The van der Waals surface area contributed by atoms with Crippen LogP contribution in [0.25, 0.3) is 11.3 Å². The van der Waals surface area contributed by atoms with Crippen molar-refractivity contribution in [2.24, 2.45) is 5.73 Å². The van der Waals surface area contributed by atoms with E-state index >= 15 is 0 Å². The van der Waals surface area contributed by atoms with E-state index in [-0.39, 0.29) is 5.56 Å². The average molecular weight is 301 g/mol. The zero-order valence-corrected chi connectivity index (χ0v) is 13.6. The van der Waals surface area contributed by atoms with Gasteiger partial charge in [0.2, 0.25) is 0 Å².